The second-order valence-corrected chi connectivity index (χ2v) is 5.49. The highest BCUT2D eigenvalue weighted by Crippen LogP contribution is 2.13. The van der Waals surface area contributed by atoms with Crippen molar-refractivity contribution in [3.63, 3.8) is 0 Å². The molecule has 1 aliphatic heterocycles. The van der Waals surface area contributed by atoms with E-state index in [2.05, 4.69) is 24.2 Å². The number of rotatable bonds is 10. The van der Waals surface area contributed by atoms with Gasteiger partial charge in [0.15, 0.2) is 0 Å². The van der Waals surface area contributed by atoms with Crippen molar-refractivity contribution in [3.8, 4) is 0 Å². The third-order valence-electron chi connectivity index (χ3n) is 3.86. The molecule has 0 aromatic heterocycles. The molecule has 1 N–H and O–H groups in total. The van der Waals surface area contributed by atoms with Gasteiger partial charge in [0.05, 0.1) is 0 Å². The van der Waals surface area contributed by atoms with Crippen LogP contribution in [0.4, 0.5) is 0 Å². The fourth-order valence-corrected chi connectivity index (χ4v) is 2.58. The Bertz CT molecular complexity index is 181. The van der Waals surface area contributed by atoms with E-state index in [4.69, 9.17) is 4.74 Å². The third kappa shape index (κ3) is 7.34. The number of hydrogen-bond donors (Lipinski definition) is 1. The van der Waals surface area contributed by atoms with E-state index in [9.17, 15) is 0 Å². The maximum atomic E-state index is 5.41. The molecule has 3 nitrogen and oxygen atoms in total. The first-order valence-electron chi connectivity index (χ1n) is 7.83. The summed E-state index contributed by atoms with van der Waals surface area (Å²) < 4.78 is 5.41. The largest absolute Gasteiger partial charge is 0.381 e. The van der Waals surface area contributed by atoms with Gasteiger partial charge in [-0.15, -0.1) is 0 Å². The molecule has 3 heteroatoms. The van der Waals surface area contributed by atoms with Crippen molar-refractivity contribution in [2.24, 2.45) is 0 Å². The average Bonchev–Trinajstić information content (AvgIpc) is 2.42. The highest BCUT2D eigenvalue weighted by molar-refractivity contribution is 4.71. The van der Waals surface area contributed by atoms with Crippen LogP contribution in [0.5, 0.6) is 0 Å². The number of hydrogen-bond acceptors (Lipinski definition) is 3. The van der Waals surface area contributed by atoms with Gasteiger partial charge < -0.3 is 15.0 Å². The van der Waals surface area contributed by atoms with Crippen LogP contribution in [0.25, 0.3) is 0 Å². The van der Waals surface area contributed by atoms with Crippen molar-refractivity contribution in [1.29, 1.82) is 0 Å². The molecule has 1 saturated heterocycles. The summed E-state index contributed by atoms with van der Waals surface area (Å²) in [5.41, 5.74) is 0. The van der Waals surface area contributed by atoms with Crippen molar-refractivity contribution in [2.45, 2.75) is 57.9 Å². The summed E-state index contributed by atoms with van der Waals surface area (Å²) in [6.07, 6.45) is 9.12. The number of nitrogens with one attached hydrogen (secondary N) is 1. The summed E-state index contributed by atoms with van der Waals surface area (Å²) in [5.74, 6) is 0. The maximum Gasteiger partial charge on any atom is 0.0480 e. The molecule has 0 atom stereocenters. The molecule has 0 radical (unpaired) electrons. The minimum atomic E-state index is 0.768. The molecule has 1 aliphatic rings. The predicted octanol–water partition coefficient (Wildman–Crippen LogP) is 2.66. The first-order valence-corrected chi connectivity index (χ1v) is 7.83. The van der Waals surface area contributed by atoms with Crippen LogP contribution in [0, 0.1) is 0 Å². The smallest absolute Gasteiger partial charge is 0.0480 e. The molecule has 18 heavy (non-hydrogen) atoms. The van der Waals surface area contributed by atoms with Gasteiger partial charge in [0.1, 0.15) is 0 Å². The molecule has 0 bridgehead atoms. The van der Waals surface area contributed by atoms with E-state index in [-0.39, 0.29) is 0 Å². The van der Waals surface area contributed by atoms with Crippen molar-refractivity contribution in [1.82, 2.24) is 10.2 Å². The molecule has 0 unspecified atom stereocenters. The lowest BCUT2D eigenvalue weighted by Gasteiger charge is -2.31. The maximum absolute atomic E-state index is 5.41. The minimum Gasteiger partial charge on any atom is -0.381 e. The average molecular weight is 256 g/mol. The predicted molar refractivity (Wildman–Crippen MR) is 78.1 cm³/mol. The van der Waals surface area contributed by atoms with Crippen LogP contribution in [-0.4, -0.2) is 50.8 Å². The van der Waals surface area contributed by atoms with E-state index in [1.165, 1.54) is 64.6 Å². The highest BCUT2D eigenvalue weighted by Gasteiger charge is 2.17. The fourth-order valence-electron chi connectivity index (χ4n) is 2.58. The van der Waals surface area contributed by atoms with Gasteiger partial charge in [0.25, 0.3) is 0 Å². The molecule has 0 aliphatic carbocycles. The fraction of sp³-hybridized carbons (Fsp3) is 1.00. The molecule has 108 valence electrons. The van der Waals surface area contributed by atoms with Crippen LogP contribution < -0.4 is 5.32 Å². The summed E-state index contributed by atoms with van der Waals surface area (Å²) in [6.45, 7) is 7.76. The Kier molecular flexibility index (Phi) is 9.54. The van der Waals surface area contributed by atoms with Gasteiger partial charge in [0.2, 0.25) is 0 Å². The Hall–Kier alpha value is -0.120. The Balaban J connectivity index is 1.87. The standard InChI is InChI=1S/C15H32N2O/c1-3-10-16-11-6-4-5-7-12-17(2)15-8-13-18-14-9-15/h15-16H,3-14H2,1-2H3. The number of ether oxygens (including phenoxy) is 1. The zero-order valence-electron chi connectivity index (χ0n) is 12.4. The highest BCUT2D eigenvalue weighted by atomic mass is 16.5. The van der Waals surface area contributed by atoms with Crippen molar-refractivity contribution in [3.05, 3.63) is 0 Å². The number of nitrogens with zero attached hydrogens (tertiary/aromatic N) is 1. The molecular weight excluding hydrogens is 224 g/mol. The van der Waals surface area contributed by atoms with Crippen LogP contribution in [0.1, 0.15) is 51.9 Å². The molecular formula is C15H32N2O. The molecule has 0 aromatic rings. The Morgan fingerprint density at radius 3 is 2.50 bits per heavy atom. The lowest BCUT2D eigenvalue weighted by Crippen LogP contribution is -2.37. The lowest BCUT2D eigenvalue weighted by atomic mass is 10.1. The second-order valence-electron chi connectivity index (χ2n) is 5.49. The molecule has 0 spiro atoms. The van der Waals surface area contributed by atoms with E-state index in [0.717, 1.165) is 19.3 Å². The Morgan fingerprint density at radius 1 is 1.06 bits per heavy atom. The second kappa shape index (κ2) is 10.8. The first-order chi connectivity index (χ1) is 8.84. The zero-order chi connectivity index (χ0) is 13.1. The van der Waals surface area contributed by atoms with Gasteiger partial charge in [-0.05, 0) is 58.8 Å². The summed E-state index contributed by atoms with van der Waals surface area (Å²) >= 11 is 0. The van der Waals surface area contributed by atoms with Crippen molar-refractivity contribution >= 4 is 0 Å². The van der Waals surface area contributed by atoms with Gasteiger partial charge in [0, 0.05) is 19.3 Å². The Labute approximate surface area is 113 Å². The van der Waals surface area contributed by atoms with Gasteiger partial charge >= 0.3 is 0 Å². The molecule has 1 fully saturated rings. The first kappa shape index (κ1) is 15.9. The normalized spacial score (nSPS) is 17.5. The third-order valence-corrected chi connectivity index (χ3v) is 3.86. The topological polar surface area (TPSA) is 24.5 Å². The van der Waals surface area contributed by atoms with Crippen molar-refractivity contribution in [2.75, 3.05) is 39.9 Å². The summed E-state index contributed by atoms with van der Waals surface area (Å²) in [4.78, 5) is 2.54. The SMILES string of the molecule is CCCNCCCCCCN(C)C1CCOCC1. The summed E-state index contributed by atoms with van der Waals surface area (Å²) in [5, 5.41) is 3.46. The van der Waals surface area contributed by atoms with Gasteiger partial charge in [-0.1, -0.05) is 19.8 Å². The van der Waals surface area contributed by atoms with E-state index >= 15 is 0 Å². The van der Waals surface area contributed by atoms with E-state index in [1.807, 2.05) is 0 Å². The summed E-state index contributed by atoms with van der Waals surface area (Å²) in [7, 11) is 2.28. The van der Waals surface area contributed by atoms with Crippen LogP contribution >= 0.6 is 0 Å². The van der Waals surface area contributed by atoms with Gasteiger partial charge in [-0.25, -0.2) is 0 Å². The molecule has 0 saturated carbocycles. The minimum absolute atomic E-state index is 0.768. The van der Waals surface area contributed by atoms with Gasteiger partial charge in [-0.2, -0.15) is 0 Å². The van der Waals surface area contributed by atoms with E-state index in [1.54, 1.807) is 0 Å². The van der Waals surface area contributed by atoms with Crippen LogP contribution in [0.3, 0.4) is 0 Å². The quantitative estimate of drug-likeness (QED) is 0.608. The Morgan fingerprint density at radius 2 is 1.78 bits per heavy atom. The molecule has 0 aromatic carbocycles. The van der Waals surface area contributed by atoms with E-state index < -0.39 is 0 Å². The van der Waals surface area contributed by atoms with Crippen LogP contribution in [0.2, 0.25) is 0 Å². The van der Waals surface area contributed by atoms with Gasteiger partial charge in [-0.3, -0.25) is 0 Å². The van der Waals surface area contributed by atoms with Crippen LogP contribution in [0.15, 0.2) is 0 Å². The molecule has 1 rings (SSSR count). The van der Waals surface area contributed by atoms with Crippen LogP contribution in [-0.2, 0) is 4.74 Å². The lowest BCUT2D eigenvalue weighted by molar-refractivity contribution is 0.0426. The summed E-state index contributed by atoms with van der Waals surface area (Å²) in [6, 6.07) is 0.768. The number of unbranched alkanes of at least 4 members (excludes halogenated alkanes) is 3. The monoisotopic (exact) mass is 256 g/mol. The van der Waals surface area contributed by atoms with E-state index in [0.29, 0.717) is 0 Å². The zero-order valence-corrected chi connectivity index (χ0v) is 12.4. The molecule has 0 amide bonds. The van der Waals surface area contributed by atoms with Crippen molar-refractivity contribution < 1.29 is 4.74 Å². The molecule has 1 heterocycles.